The number of H-pyrrole nitrogens is 1. The fourth-order valence-corrected chi connectivity index (χ4v) is 3.67. The second kappa shape index (κ2) is 7.19. The predicted octanol–water partition coefficient (Wildman–Crippen LogP) is 3.35. The molecule has 2 aromatic carbocycles. The SMILES string of the molecule is Cc1ccc(S(=O)(=O)n2[nH]c(C)c(N=Nc3ccccc3[N+](=O)[O-])c2=O)cc1. The molecule has 11 heteroatoms. The van der Waals surface area contributed by atoms with Gasteiger partial charge in [-0.25, -0.2) is 0 Å². The molecule has 10 nitrogen and oxygen atoms in total. The normalized spacial score (nSPS) is 11.8. The van der Waals surface area contributed by atoms with Crippen molar-refractivity contribution < 1.29 is 13.3 Å². The molecule has 0 aliphatic heterocycles. The van der Waals surface area contributed by atoms with E-state index in [1.165, 1.54) is 43.3 Å². The van der Waals surface area contributed by atoms with Crippen molar-refractivity contribution in [3.63, 3.8) is 0 Å². The Morgan fingerprint density at radius 1 is 1.04 bits per heavy atom. The molecule has 0 fully saturated rings. The van der Waals surface area contributed by atoms with Crippen LogP contribution in [0.4, 0.5) is 17.1 Å². The van der Waals surface area contributed by atoms with Crippen molar-refractivity contribution in [2.75, 3.05) is 0 Å². The Kier molecular flexibility index (Phi) is 4.92. The molecule has 0 spiro atoms. The standard InChI is InChI=1S/C17H15N5O5S/c1-11-7-9-13(10-8-11)28(26,27)21-17(23)16(12(2)20-21)19-18-14-5-3-4-6-15(14)22(24)25/h3-10,20H,1-2H3. The van der Waals surface area contributed by atoms with Crippen LogP contribution in [0.2, 0.25) is 0 Å². The molecule has 0 aliphatic carbocycles. The van der Waals surface area contributed by atoms with Gasteiger partial charge in [-0.3, -0.25) is 20.0 Å². The van der Waals surface area contributed by atoms with Crippen molar-refractivity contribution in [2.24, 2.45) is 10.2 Å². The molecular formula is C17H15N5O5S. The van der Waals surface area contributed by atoms with E-state index in [2.05, 4.69) is 15.3 Å². The number of nitro groups is 1. The van der Waals surface area contributed by atoms with Gasteiger partial charge in [0.2, 0.25) is 0 Å². The first-order valence-corrected chi connectivity index (χ1v) is 9.45. The largest absolute Gasteiger partial charge is 0.309 e. The number of nitrogens with zero attached hydrogens (tertiary/aromatic N) is 4. The van der Waals surface area contributed by atoms with Crippen LogP contribution in [-0.4, -0.2) is 22.5 Å². The Morgan fingerprint density at radius 3 is 2.32 bits per heavy atom. The van der Waals surface area contributed by atoms with Crippen LogP contribution >= 0.6 is 0 Å². The van der Waals surface area contributed by atoms with E-state index in [0.29, 0.717) is 4.09 Å². The highest BCUT2D eigenvalue weighted by molar-refractivity contribution is 7.89. The number of rotatable bonds is 5. The lowest BCUT2D eigenvalue weighted by Gasteiger charge is -2.04. The van der Waals surface area contributed by atoms with Gasteiger partial charge in [-0.15, -0.1) is 14.3 Å². The van der Waals surface area contributed by atoms with Crippen molar-refractivity contribution in [1.82, 2.24) is 9.19 Å². The summed E-state index contributed by atoms with van der Waals surface area (Å²) in [5.41, 5.74) is -0.502. The van der Waals surface area contributed by atoms with Crippen LogP contribution in [0.15, 0.2) is 68.4 Å². The lowest BCUT2D eigenvalue weighted by atomic mass is 10.2. The smallest absolute Gasteiger partial charge is 0.283 e. The summed E-state index contributed by atoms with van der Waals surface area (Å²) in [4.78, 5) is 22.9. The van der Waals surface area contributed by atoms with Crippen molar-refractivity contribution in [3.8, 4) is 0 Å². The van der Waals surface area contributed by atoms with Gasteiger partial charge in [-0.1, -0.05) is 29.8 Å². The van der Waals surface area contributed by atoms with Crippen molar-refractivity contribution in [1.29, 1.82) is 0 Å². The first-order valence-electron chi connectivity index (χ1n) is 8.01. The van der Waals surface area contributed by atoms with Gasteiger partial charge < -0.3 is 0 Å². The maximum atomic E-state index is 12.7. The van der Waals surface area contributed by atoms with Crippen LogP contribution in [0.1, 0.15) is 11.3 Å². The van der Waals surface area contributed by atoms with Gasteiger partial charge in [0.05, 0.1) is 15.5 Å². The summed E-state index contributed by atoms with van der Waals surface area (Å²) in [7, 11) is -4.15. The van der Waals surface area contributed by atoms with E-state index in [4.69, 9.17) is 0 Å². The molecule has 0 unspecified atom stereocenters. The number of nitro benzene ring substituents is 1. The van der Waals surface area contributed by atoms with E-state index in [1.807, 2.05) is 6.92 Å². The first-order chi connectivity index (χ1) is 13.2. The van der Waals surface area contributed by atoms with E-state index in [1.54, 1.807) is 12.1 Å². The molecular weight excluding hydrogens is 386 g/mol. The van der Waals surface area contributed by atoms with Crippen LogP contribution in [0.25, 0.3) is 0 Å². The number of hydrogen-bond donors (Lipinski definition) is 1. The predicted molar refractivity (Wildman–Crippen MR) is 101 cm³/mol. The molecule has 0 atom stereocenters. The van der Waals surface area contributed by atoms with Crippen LogP contribution in [0.3, 0.4) is 0 Å². The molecule has 3 rings (SSSR count). The number of aromatic amines is 1. The minimum Gasteiger partial charge on any atom is -0.283 e. The Balaban J connectivity index is 2.05. The summed E-state index contributed by atoms with van der Waals surface area (Å²) in [6.45, 7) is 3.26. The van der Waals surface area contributed by atoms with Crippen LogP contribution in [0, 0.1) is 24.0 Å². The van der Waals surface area contributed by atoms with Gasteiger partial charge in [-0.05, 0) is 32.0 Å². The maximum absolute atomic E-state index is 12.7. The average molecular weight is 401 g/mol. The number of nitrogens with one attached hydrogen (secondary N) is 1. The minimum absolute atomic E-state index is 0.0551. The fraction of sp³-hybridized carbons (Fsp3) is 0.118. The number of hydrogen-bond acceptors (Lipinski definition) is 7. The molecule has 144 valence electrons. The molecule has 0 saturated carbocycles. The average Bonchev–Trinajstić information content (AvgIpc) is 2.95. The quantitative estimate of drug-likeness (QED) is 0.396. The Hall–Kier alpha value is -3.60. The molecule has 0 radical (unpaired) electrons. The van der Waals surface area contributed by atoms with E-state index in [-0.39, 0.29) is 27.7 Å². The van der Waals surface area contributed by atoms with Gasteiger partial charge >= 0.3 is 5.56 Å². The summed E-state index contributed by atoms with van der Waals surface area (Å²) < 4.78 is 25.9. The van der Waals surface area contributed by atoms with Gasteiger partial charge in [0.1, 0.15) is 0 Å². The molecule has 1 heterocycles. The number of azo groups is 1. The van der Waals surface area contributed by atoms with Gasteiger partial charge in [0.25, 0.3) is 15.7 Å². The molecule has 0 amide bonds. The summed E-state index contributed by atoms with van der Waals surface area (Å²) >= 11 is 0. The number of para-hydroxylation sites is 1. The number of benzene rings is 2. The highest BCUT2D eigenvalue weighted by Crippen LogP contribution is 2.28. The van der Waals surface area contributed by atoms with E-state index in [9.17, 15) is 23.3 Å². The summed E-state index contributed by atoms with van der Waals surface area (Å²) in [6, 6.07) is 11.6. The third-order valence-electron chi connectivity index (χ3n) is 3.91. The molecule has 3 aromatic rings. The maximum Gasteiger partial charge on any atom is 0.309 e. The second-order valence-electron chi connectivity index (χ2n) is 5.92. The Morgan fingerprint density at radius 2 is 1.68 bits per heavy atom. The molecule has 28 heavy (non-hydrogen) atoms. The third kappa shape index (κ3) is 3.47. The molecule has 0 saturated heterocycles. The summed E-state index contributed by atoms with van der Waals surface area (Å²) in [6.07, 6.45) is 0. The Bertz CT molecular complexity index is 1240. The lowest BCUT2D eigenvalue weighted by molar-refractivity contribution is -0.384. The second-order valence-corrected chi connectivity index (χ2v) is 7.71. The zero-order valence-corrected chi connectivity index (χ0v) is 15.7. The zero-order chi connectivity index (χ0) is 20.5. The van der Waals surface area contributed by atoms with Crippen molar-refractivity contribution in [3.05, 3.63) is 80.3 Å². The topological polar surface area (TPSA) is 140 Å². The lowest BCUT2D eigenvalue weighted by Crippen LogP contribution is -2.25. The van der Waals surface area contributed by atoms with Gasteiger partial charge in [0.15, 0.2) is 11.4 Å². The molecule has 1 N–H and O–H groups in total. The highest BCUT2D eigenvalue weighted by atomic mass is 32.2. The van der Waals surface area contributed by atoms with Crippen LogP contribution in [0.5, 0.6) is 0 Å². The first kappa shape index (κ1) is 19.2. The van der Waals surface area contributed by atoms with Gasteiger partial charge in [0, 0.05) is 6.07 Å². The molecule has 0 aliphatic rings. The van der Waals surface area contributed by atoms with E-state index >= 15 is 0 Å². The van der Waals surface area contributed by atoms with Crippen molar-refractivity contribution in [2.45, 2.75) is 18.7 Å². The molecule has 0 bridgehead atoms. The summed E-state index contributed by atoms with van der Waals surface area (Å²) in [5.74, 6) is 0. The van der Waals surface area contributed by atoms with Crippen LogP contribution < -0.4 is 5.56 Å². The number of aromatic nitrogens is 2. The summed E-state index contributed by atoms with van der Waals surface area (Å²) in [5, 5.41) is 21.0. The van der Waals surface area contributed by atoms with Gasteiger partial charge in [-0.2, -0.15) is 8.42 Å². The third-order valence-corrected chi connectivity index (χ3v) is 5.51. The fourth-order valence-electron chi connectivity index (χ4n) is 2.42. The van der Waals surface area contributed by atoms with E-state index < -0.39 is 20.5 Å². The number of aryl methyl sites for hydroxylation is 2. The monoisotopic (exact) mass is 401 g/mol. The van der Waals surface area contributed by atoms with Crippen molar-refractivity contribution >= 4 is 27.1 Å². The molecule has 1 aromatic heterocycles. The zero-order valence-electron chi connectivity index (χ0n) is 14.9. The highest BCUT2D eigenvalue weighted by Gasteiger charge is 2.23. The van der Waals surface area contributed by atoms with E-state index in [0.717, 1.165) is 5.56 Å². The van der Waals surface area contributed by atoms with Crippen LogP contribution in [-0.2, 0) is 10.0 Å². The minimum atomic E-state index is -4.15. The Labute approximate surface area is 159 Å².